The molecule has 1 aromatic rings. The molecule has 1 amide bonds. The number of aryl methyl sites for hydroxylation is 1. The summed E-state index contributed by atoms with van der Waals surface area (Å²) in [5.74, 6) is 1.71. The van der Waals surface area contributed by atoms with E-state index in [1.54, 1.807) is 0 Å². The summed E-state index contributed by atoms with van der Waals surface area (Å²) in [4.78, 5) is 10.7. The second-order valence-electron chi connectivity index (χ2n) is 4.89. The minimum atomic E-state index is -0.984. The van der Waals surface area contributed by atoms with Crippen molar-refractivity contribution < 1.29 is 14.4 Å². The highest BCUT2D eigenvalue weighted by atomic mass is 35.5. The van der Waals surface area contributed by atoms with Crippen LogP contribution in [-0.2, 0) is 5.41 Å². The van der Waals surface area contributed by atoms with Gasteiger partial charge in [0.1, 0.15) is 5.76 Å². The molecule has 0 aromatic carbocycles. The molecule has 1 saturated heterocycles. The van der Waals surface area contributed by atoms with Crippen LogP contribution in [0.4, 0.5) is 4.79 Å². The first-order chi connectivity index (χ1) is 8.14. The SMILES string of the molecule is Cc1cc([C@]2(CNC(=O)O)[C@@H]3CNC[C@@H]32)no1.Cl. The Morgan fingerprint density at radius 1 is 1.67 bits per heavy atom. The van der Waals surface area contributed by atoms with Crippen LogP contribution in [-0.4, -0.2) is 36.0 Å². The van der Waals surface area contributed by atoms with Crippen molar-refractivity contribution >= 4 is 18.5 Å². The second-order valence-corrected chi connectivity index (χ2v) is 4.89. The molecule has 1 saturated carbocycles. The summed E-state index contributed by atoms with van der Waals surface area (Å²) in [5, 5.41) is 18.6. The molecule has 1 aromatic heterocycles. The van der Waals surface area contributed by atoms with E-state index in [0.29, 0.717) is 18.4 Å². The highest BCUT2D eigenvalue weighted by Gasteiger charge is 2.68. The number of piperidine rings is 1. The van der Waals surface area contributed by atoms with Crippen LogP contribution >= 0.6 is 12.4 Å². The largest absolute Gasteiger partial charge is 0.465 e. The summed E-state index contributed by atoms with van der Waals surface area (Å²) < 4.78 is 5.12. The van der Waals surface area contributed by atoms with Crippen molar-refractivity contribution in [3.8, 4) is 0 Å². The summed E-state index contributed by atoms with van der Waals surface area (Å²) in [6, 6.07) is 1.92. The topological polar surface area (TPSA) is 87.4 Å². The van der Waals surface area contributed by atoms with E-state index in [2.05, 4.69) is 15.8 Å². The minimum Gasteiger partial charge on any atom is -0.465 e. The maximum atomic E-state index is 10.7. The third-order valence-electron chi connectivity index (χ3n) is 4.07. The summed E-state index contributed by atoms with van der Waals surface area (Å²) in [5.41, 5.74) is 0.738. The molecule has 0 unspecified atom stereocenters. The molecule has 3 N–H and O–H groups in total. The van der Waals surface area contributed by atoms with Crippen molar-refractivity contribution in [2.24, 2.45) is 11.8 Å². The molecule has 6 nitrogen and oxygen atoms in total. The number of nitrogens with one attached hydrogen (secondary N) is 2. The zero-order valence-electron chi connectivity index (χ0n) is 9.97. The predicted molar refractivity (Wildman–Crippen MR) is 66.0 cm³/mol. The Morgan fingerprint density at radius 3 is 2.83 bits per heavy atom. The standard InChI is InChI=1S/C11H15N3O3.ClH/c1-6-2-9(14-17-6)11(5-13-10(15)16)7-3-12-4-8(7)11;/h2,7-8,12-13H,3-5H2,1H3,(H,15,16);1H/t7-,8+,11-;. The van der Waals surface area contributed by atoms with Crippen LogP contribution in [0.2, 0.25) is 0 Å². The molecule has 3 rings (SSSR count). The van der Waals surface area contributed by atoms with Gasteiger partial charge in [-0.1, -0.05) is 5.16 Å². The summed E-state index contributed by atoms with van der Waals surface area (Å²) in [6.45, 7) is 4.13. The van der Waals surface area contributed by atoms with Gasteiger partial charge in [0.05, 0.1) is 5.69 Å². The van der Waals surface area contributed by atoms with E-state index in [1.807, 2.05) is 13.0 Å². The second kappa shape index (κ2) is 4.44. The smallest absolute Gasteiger partial charge is 0.404 e. The number of aromatic nitrogens is 1. The fourth-order valence-corrected chi connectivity index (χ4v) is 3.19. The van der Waals surface area contributed by atoms with Crippen molar-refractivity contribution in [1.29, 1.82) is 0 Å². The molecular formula is C11H16ClN3O3. The molecule has 2 aliphatic rings. The molecule has 2 fully saturated rings. The lowest BCUT2D eigenvalue weighted by molar-refractivity contribution is 0.192. The third-order valence-corrected chi connectivity index (χ3v) is 4.07. The van der Waals surface area contributed by atoms with Gasteiger partial charge in [-0.3, -0.25) is 0 Å². The van der Waals surface area contributed by atoms with Gasteiger partial charge in [0.2, 0.25) is 0 Å². The molecule has 0 radical (unpaired) electrons. The van der Waals surface area contributed by atoms with Crippen molar-refractivity contribution in [3.05, 3.63) is 17.5 Å². The van der Waals surface area contributed by atoms with E-state index in [1.165, 1.54) is 0 Å². The molecule has 1 aliphatic carbocycles. The van der Waals surface area contributed by atoms with Gasteiger partial charge in [-0.15, -0.1) is 12.4 Å². The van der Waals surface area contributed by atoms with E-state index in [9.17, 15) is 4.79 Å². The van der Waals surface area contributed by atoms with Crippen LogP contribution in [0.1, 0.15) is 11.5 Å². The first-order valence-corrected chi connectivity index (χ1v) is 5.76. The lowest BCUT2D eigenvalue weighted by atomic mass is 9.95. The number of carboxylic acid groups (broad SMARTS) is 1. The fraction of sp³-hybridized carbons (Fsp3) is 0.636. The molecular weight excluding hydrogens is 258 g/mol. The zero-order valence-corrected chi connectivity index (χ0v) is 10.8. The quantitative estimate of drug-likeness (QED) is 0.757. The normalized spacial score (nSPS) is 32.5. The summed E-state index contributed by atoms with van der Waals surface area (Å²) in [7, 11) is 0. The first kappa shape index (κ1) is 13.2. The average molecular weight is 274 g/mol. The number of hydrogen-bond acceptors (Lipinski definition) is 4. The molecule has 3 atom stereocenters. The van der Waals surface area contributed by atoms with Crippen LogP contribution in [0.3, 0.4) is 0 Å². The van der Waals surface area contributed by atoms with E-state index >= 15 is 0 Å². The van der Waals surface area contributed by atoms with Gasteiger partial charge in [0.15, 0.2) is 0 Å². The van der Waals surface area contributed by atoms with Crippen LogP contribution in [0, 0.1) is 18.8 Å². The molecule has 0 bridgehead atoms. The Kier molecular flexibility index (Phi) is 3.25. The minimum absolute atomic E-state index is 0. The molecule has 1 aliphatic heterocycles. The number of nitrogens with zero attached hydrogens (tertiary/aromatic N) is 1. The zero-order chi connectivity index (χ0) is 12.0. The van der Waals surface area contributed by atoms with Gasteiger partial charge < -0.3 is 20.3 Å². The van der Waals surface area contributed by atoms with E-state index in [4.69, 9.17) is 9.63 Å². The van der Waals surface area contributed by atoms with Gasteiger partial charge in [-0.05, 0) is 31.8 Å². The monoisotopic (exact) mass is 273 g/mol. The number of halogens is 1. The van der Waals surface area contributed by atoms with Crippen molar-refractivity contribution in [3.63, 3.8) is 0 Å². The summed E-state index contributed by atoms with van der Waals surface area (Å²) >= 11 is 0. The molecule has 100 valence electrons. The van der Waals surface area contributed by atoms with Crippen molar-refractivity contribution in [2.75, 3.05) is 19.6 Å². The van der Waals surface area contributed by atoms with Gasteiger partial charge in [-0.2, -0.15) is 0 Å². The van der Waals surface area contributed by atoms with Gasteiger partial charge in [0, 0.05) is 18.0 Å². The fourth-order valence-electron chi connectivity index (χ4n) is 3.19. The maximum absolute atomic E-state index is 10.7. The lowest BCUT2D eigenvalue weighted by Gasteiger charge is -2.18. The predicted octanol–water partition coefficient (Wildman–Crippen LogP) is 0.759. The van der Waals surface area contributed by atoms with E-state index in [-0.39, 0.29) is 17.8 Å². The Morgan fingerprint density at radius 2 is 2.33 bits per heavy atom. The average Bonchev–Trinajstić information content (AvgIpc) is 2.73. The van der Waals surface area contributed by atoms with Crippen molar-refractivity contribution in [2.45, 2.75) is 12.3 Å². The molecule has 7 heteroatoms. The van der Waals surface area contributed by atoms with Crippen LogP contribution < -0.4 is 10.6 Å². The van der Waals surface area contributed by atoms with Crippen LogP contribution in [0.25, 0.3) is 0 Å². The number of carbonyl (C=O) groups is 1. The number of rotatable bonds is 3. The third kappa shape index (κ3) is 1.76. The number of amides is 1. The maximum Gasteiger partial charge on any atom is 0.404 e. The molecule has 18 heavy (non-hydrogen) atoms. The molecule has 2 heterocycles. The highest BCUT2D eigenvalue weighted by Crippen LogP contribution is 2.60. The first-order valence-electron chi connectivity index (χ1n) is 5.76. The lowest BCUT2D eigenvalue weighted by Crippen LogP contribution is -2.37. The van der Waals surface area contributed by atoms with Gasteiger partial charge in [0.25, 0.3) is 0 Å². The molecule has 0 spiro atoms. The van der Waals surface area contributed by atoms with Crippen LogP contribution in [0.15, 0.2) is 10.6 Å². The van der Waals surface area contributed by atoms with E-state index < -0.39 is 6.09 Å². The van der Waals surface area contributed by atoms with Gasteiger partial charge in [-0.25, -0.2) is 4.79 Å². The van der Waals surface area contributed by atoms with Gasteiger partial charge >= 0.3 is 6.09 Å². The number of hydrogen-bond donors (Lipinski definition) is 3. The highest BCUT2D eigenvalue weighted by molar-refractivity contribution is 5.85. The Bertz CT molecular complexity index is 452. The summed E-state index contributed by atoms with van der Waals surface area (Å²) in [6.07, 6.45) is -0.984. The Labute approximate surface area is 111 Å². The van der Waals surface area contributed by atoms with E-state index in [0.717, 1.165) is 24.5 Å². The Balaban J connectivity index is 0.00000120. The number of fused-ring (bicyclic) bond motifs is 1. The van der Waals surface area contributed by atoms with Crippen molar-refractivity contribution in [1.82, 2.24) is 15.8 Å². The Hall–Kier alpha value is -1.27. The van der Waals surface area contributed by atoms with Crippen LogP contribution in [0.5, 0.6) is 0 Å².